The number of ether oxygens (including phenoxy) is 2. The van der Waals surface area contributed by atoms with Crippen molar-refractivity contribution in [3.05, 3.63) is 30.5 Å². The number of pyridine rings is 1. The van der Waals surface area contributed by atoms with Crippen LogP contribution in [0.3, 0.4) is 0 Å². The average molecular weight is 358 g/mol. The first-order valence-corrected chi connectivity index (χ1v) is 9.42. The molecule has 0 radical (unpaired) electrons. The van der Waals surface area contributed by atoms with E-state index in [4.69, 9.17) is 9.47 Å². The highest BCUT2D eigenvalue weighted by molar-refractivity contribution is 6.05. The van der Waals surface area contributed by atoms with E-state index in [-0.39, 0.29) is 5.91 Å². The van der Waals surface area contributed by atoms with Crippen molar-refractivity contribution in [1.82, 2.24) is 4.98 Å². The first-order valence-electron chi connectivity index (χ1n) is 9.42. The Kier molecular flexibility index (Phi) is 7.39. The normalized spacial score (nSPS) is 13.4. The Labute approximate surface area is 156 Å². The van der Waals surface area contributed by atoms with Crippen molar-refractivity contribution in [3.8, 4) is 5.75 Å². The summed E-state index contributed by atoms with van der Waals surface area (Å²) in [5.74, 6) is 0.573. The van der Waals surface area contributed by atoms with Crippen molar-refractivity contribution in [3.63, 3.8) is 0 Å². The molecule has 0 saturated heterocycles. The van der Waals surface area contributed by atoms with Gasteiger partial charge in [-0.1, -0.05) is 33.1 Å². The highest BCUT2D eigenvalue weighted by Crippen LogP contribution is 2.31. The Balaban J connectivity index is 2.26. The Bertz CT molecular complexity index is 732. The number of benzene rings is 1. The molecule has 0 spiro atoms. The zero-order valence-corrected chi connectivity index (χ0v) is 16.3. The van der Waals surface area contributed by atoms with E-state index in [2.05, 4.69) is 17.2 Å². The average Bonchev–Trinajstić information content (AvgIpc) is 2.66. The van der Waals surface area contributed by atoms with Crippen LogP contribution in [0.1, 0.15) is 52.9 Å². The summed E-state index contributed by atoms with van der Waals surface area (Å²) in [6.45, 7) is 6.66. The molecule has 2 aromatic rings. The third-order valence-corrected chi connectivity index (χ3v) is 4.56. The number of nitrogens with one attached hydrogen (secondary N) is 1. The first kappa shape index (κ1) is 20.2. The van der Waals surface area contributed by atoms with Crippen LogP contribution in [-0.4, -0.2) is 30.2 Å². The summed E-state index contributed by atoms with van der Waals surface area (Å²) in [7, 11) is 1.62. The van der Waals surface area contributed by atoms with E-state index in [9.17, 15) is 4.79 Å². The molecule has 0 bridgehead atoms. The number of carbonyl (C=O) groups excluding carboxylic acids is 1. The molecule has 1 atom stereocenters. The fraction of sp³-hybridized carbons (Fsp3) is 0.524. The number of methoxy groups -OCH3 is 1. The van der Waals surface area contributed by atoms with Gasteiger partial charge in [0, 0.05) is 18.2 Å². The van der Waals surface area contributed by atoms with Crippen LogP contribution in [0.5, 0.6) is 5.75 Å². The molecule has 5 nitrogen and oxygen atoms in total. The minimum atomic E-state index is -0.834. The van der Waals surface area contributed by atoms with Gasteiger partial charge in [0.05, 0.1) is 12.8 Å². The summed E-state index contributed by atoms with van der Waals surface area (Å²) >= 11 is 0. The van der Waals surface area contributed by atoms with Gasteiger partial charge in [0.2, 0.25) is 0 Å². The zero-order chi connectivity index (χ0) is 19.0. The van der Waals surface area contributed by atoms with Crippen molar-refractivity contribution in [2.75, 3.05) is 19.0 Å². The molecule has 1 N–H and O–H groups in total. The van der Waals surface area contributed by atoms with Gasteiger partial charge in [-0.25, -0.2) is 0 Å². The molecular formula is C21H30N2O3. The predicted octanol–water partition coefficient (Wildman–Crippen LogP) is 4.95. The number of unbranched alkanes of at least 4 members (excludes halogenated alkanes) is 2. The van der Waals surface area contributed by atoms with E-state index in [0.717, 1.165) is 42.3 Å². The molecule has 142 valence electrons. The lowest BCUT2D eigenvalue weighted by molar-refractivity contribution is -0.140. The van der Waals surface area contributed by atoms with Gasteiger partial charge in [0.25, 0.3) is 5.91 Å². The lowest BCUT2D eigenvalue weighted by atomic mass is 9.96. The van der Waals surface area contributed by atoms with Crippen LogP contribution >= 0.6 is 0 Å². The Morgan fingerprint density at radius 1 is 1.19 bits per heavy atom. The molecule has 0 aliphatic heterocycles. The van der Waals surface area contributed by atoms with Crippen molar-refractivity contribution < 1.29 is 14.3 Å². The molecule has 0 fully saturated rings. The van der Waals surface area contributed by atoms with E-state index >= 15 is 0 Å². The summed E-state index contributed by atoms with van der Waals surface area (Å²) in [5, 5.41) is 3.91. The van der Waals surface area contributed by atoms with Gasteiger partial charge in [-0.05, 0) is 44.0 Å². The molecule has 1 amide bonds. The summed E-state index contributed by atoms with van der Waals surface area (Å²) < 4.78 is 11.3. The second kappa shape index (κ2) is 9.53. The molecule has 0 aliphatic carbocycles. The Hall–Kier alpha value is -2.14. The van der Waals surface area contributed by atoms with Crippen LogP contribution in [-0.2, 0) is 9.53 Å². The minimum absolute atomic E-state index is 0.114. The number of fused-ring (bicyclic) bond motifs is 1. The standard InChI is InChI=1S/C21H30N2O3/c1-5-7-8-13-21(3,26-15-6-2)20(24)23-17-11-12-18(25-4)19-16(17)10-9-14-22-19/h9-12,14H,5-8,13,15H2,1-4H3,(H,23,24)/t21-/m0/s1. The van der Waals surface area contributed by atoms with Crippen LogP contribution in [0.15, 0.2) is 30.5 Å². The summed E-state index contributed by atoms with van der Waals surface area (Å²) in [6.07, 6.45) is 6.48. The molecule has 2 rings (SSSR count). The van der Waals surface area contributed by atoms with Crippen molar-refractivity contribution in [2.24, 2.45) is 0 Å². The maximum atomic E-state index is 13.0. The maximum Gasteiger partial charge on any atom is 0.256 e. The highest BCUT2D eigenvalue weighted by atomic mass is 16.5. The van der Waals surface area contributed by atoms with Gasteiger partial charge in [0.1, 0.15) is 16.9 Å². The second-order valence-corrected chi connectivity index (χ2v) is 6.71. The number of aromatic nitrogens is 1. The number of hydrogen-bond acceptors (Lipinski definition) is 4. The third kappa shape index (κ3) is 4.73. The molecule has 1 heterocycles. The Morgan fingerprint density at radius 3 is 2.69 bits per heavy atom. The minimum Gasteiger partial charge on any atom is -0.494 e. The topological polar surface area (TPSA) is 60.5 Å². The quantitative estimate of drug-likeness (QED) is 0.611. The monoisotopic (exact) mass is 358 g/mol. The first-order chi connectivity index (χ1) is 12.6. The van der Waals surface area contributed by atoms with Gasteiger partial charge in [-0.2, -0.15) is 0 Å². The number of nitrogens with zero attached hydrogens (tertiary/aromatic N) is 1. The molecule has 5 heteroatoms. The van der Waals surface area contributed by atoms with Gasteiger partial charge >= 0.3 is 0 Å². The van der Waals surface area contributed by atoms with E-state index in [0.29, 0.717) is 18.8 Å². The third-order valence-electron chi connectivity index (χ3n) is 4.56. The van der Waals surface area contributed by atoms with E-state index < -0.39 is 5.60 Å². The van der Waals surface area contributed by atoms with Crippen molar-refractivity contribution >= 4 is 22.5 Å². The molecule has 0 saturated carbocycles. The zero-order valence-electron chi connectivity index (χ0n) is 16.3. The molecule has 1 aromatic heterocycles. The van der Waals surface area contributed by atoms with Crippen molar-refractivity contribution in [1.29, 1.82) is 0 Å². The lowest BCUT2D eigenvalue weighted by Crippen LogP contribution is -2.43. The van der Waals surface area contributed by atoms with Crippen LogP contribution in [0.25, 0.3) is 10.9 Å². The highest BCUT2D eigenvalue weighted by Gasteiger charge is 2.34. The number of amides is 1. The summed E-state index contributed by atoms with van der Waals surface area (Å²) in [5.41, 5.74) is 0.621. The van der Waals surface area contributed by atoms with E-state index in [1.165, 1.54) is 0 Å². The smallest absolute Gasteiger partial charge is 0.256 e. The number of hydrogen-bond donors (Lipinski definition) is 1. The number of rotatable bonds is 10. The number of carbonyl (C=O) groups is 1. The van der Waals surface area contributed by atoms with Crippen LogP contribution in [0, 0.1) is 0 Å². The van der Waals surface area contributed by atoms with E-state index in [1.807, 2.05) is 38.1 Å². The van der Waals surface area contributed by atoms with E-state index in [1.54, 1.807) is 13.3 Å². The largest absolute Gasteiger partial charge is 0.494 e. The molecule has 1 aromatic carbocycles. The van der Waals surface area contributed by atoms with Crippen LogP contribution in [0.2, 0.25) is 0 Å². The lowest BCUT2D eigenvalue weighted by Gasteiger charge is -2.29. The van der Waals surface area contributed by atoms with Gasteiger partial charge in [-0.3, -0.25) is 9.78 Å². The summed E-state index contributed by atoms with van der Waals surface area (Å²) in [6, 6.07) is 7.46. The van der Waals surface area contributed by atoms with Gasteiger partial charge in [-0.15, -0.1) is 0 Å². The van der Waals surface area contributed by atoms with Crippen LogP contribution in [0.4, 0.5) is 5.69 Å². The molecular weight excluding hydrogens is 328 g/mol. The Morgan fingerprint density at radius 2 is 2.00 bits per heavy atom. The number of anilines is 1. The van der Waals surface area contributed by atoms with Crippen LogP contribution < -0.4 is 10.1 Å². The molecule has 26 heavy (non-hydrogen) atoms. The molecule has 0 unspecified atom stereocenters. The molecule has 0 aliphatic rings. The van der Waals surface area contributed by atoms with Crippen molar-refractivity contribution in [2.45, 2.75) is 58.5 Å². The second-order valence-electron chi connectivity index (χ2n) is 6.71. The maximum absolute atomic E-state index is 13.0. The SMILES string of the molecule is CCCCC[C@](C)(OCCC)C(=O)Nc1ccc(OC)c2ncccc12. The predicted molar refractivity (Wildman–Crippen MR) is 106 cm³/mol. The fourth-order valence-corrected chi connectivity index (χ4v) is 2.97. The van der Waals surface area contributed by atoms with Gasteiger partial charge in [0.15, 0.2) is 0 Å². The fourth-order valence-electron chi connectivity index (χ4n) is 2.97. The van der Waals surface area contributed by atoms with Gasteiger partial charge < -0.3 is 14.8 Å². The summed E-state index contributed by atoms with van der Waals surface area (Å²) in [4.78, 5) is 17.4.